The second-order valence-electron chi connectivity index (χ2n) is 7.45. The van der Waals surface area contributed by atoms with E-state index < -0.39 is 35.9 Å². The molecule has 1 atom stereocenters. The molecule has 2 aromatic heterocycles. The summed E-state index contributed by atoms with van der Waals surface area (Å²) >= 11 is 0. The number of nitrogens with two attached hydrogens (primary N) is 1. The van der Waals surface area contributed by atoms with Crippen molar-refractivity contribution >= 4 is 17.8 Å². The number of halogens is 3. The summed E-state index contributed by atoms with van der Waals surface area (Å²) in [6, 6.07) is 1.33. The summed E-state index contributed by atoms with van der Waals surface area (Å²) in [5.74, 6) is -3.58. The number of carbonyl (C=O) groups is 2. The summed E-state index contributed by atoms with van der Waals surface area (Å²) in [5.41, 5.74) is 4.25. The van der Waals surface area contributed by atoms with Crippen LogP contribution >= 0.6 is 0 Å². The van der Waals surface area contributed by atoms with Crippen LogP contribution < -0.4 is 16.7 Å². The predicted molar refractivity (Wildman–Crippen MR) is 104 cm³/mol. The van der Waals surface area contributed by atoms with E-state index in [1.807, 2.05) is 0 Å². The summed E-state index contributed by atoms with van der Waals surface area (Å²) in [6.07, 6.45) is -0.987. The van der Waals surface area contributed by atoms with Gasteiger partial charge in [-0.1, -0.05) is 5.21 Å². The molecule has 1 aliphatic carbocycles. The Hall–Kier alpha value is -3.45. The highest BCUT2D eigenvalue weighted by Gasteiger charge is 2.36. The maximum atomic E-state index is 14.2. The highest BCUT2D eigenvalue weighted by atomic mass is 19.3. The van der Waals surface area contributed by atoms with E-state index in [2.05, 4.69) is 20.6 Å². The van der Waals surface area contributed by atoms with Gasteiger partial charge in [-0.05, 0) is 25.3 Å². The van der Waals surface area contributed by atoms with E-state index >= 15 is 0 Å². The van der Waals surface area contributed by atoms with Crippen LogP contribution in [0.1, 0.15) is 42.6 Å². The molecule has 3 rings (SSSR count). The second kappa shape index (κ2) is 9.78. The first-order chi connectivity index (χ1) is 15.1. The van der Waals surface area contributed by atoms with Crippen LogP contribution in [-0.4, -0.2) is 54.7 Å². The quantitative estimate of drug-likeness (QED) is 0.610. The number of hydrogen-bond acceptors (Lipinski definition) is 7. The molecule has 1 saturated carbocycles. The van der Waals surface area contributed by atoms with Gasteiger partial charge in [0.2, 0.25) is 5.92 Å². The Kier molecular flexibility index (Phi) is 7.10. The van der Waals surface area contributed by atoms with Crippen LogP contribution in [0.5, 0.6) is 0 Å². The van der Waals surface area contributed by atoms with Gasteiger partial charge in [0, 0.05) is 25.6 Å². The van der Waals surface area contributed by atoms with E-state index in [1.54, 1.807) is 0 Å². The SMILES string of the molecule is NC(=O)c1cn(CC(F)CCn2ccc(NC(=O)OC3CCC(F)(F)CC3)nc2=O)nn1. The maximum absolute atomic E-state index is 14.2. The third-order valence-corrected chi connectivity index (χ3v) is 4.90. The number of amides is 2. The average molecular weight is 457 g/mol. The lowest BCUT2D eigenvalue weighted by molar-refractivity contribution is -0.0642. The van der Waals surface area contributed by atoms with Crippen molar-refractivity contribution in [2.45, 2.75) is 63.4 Å². The van der Waals surface area contributed by atoms with Gasteiger partial charge in [-0.15, -0.1) is 5.10 Å². The van der Waals surface area contributed by atoms with Crippen LogP contribution in [0.2, 0.25) is 0 Å². The molecule has 1 aliphatic rings. The molecule has 2 heterocycles. The van der Waals surface area contributed by atoms with Crippen molar-refractivity contribution in [3.63, 3.8) is 0 Å². The van der Waals surface area contributed by atoms with Gasteiger partial charge < -0.3 is 10.5 Å². The molecule has 2 amide bonds. The molecule has 0 radical (unpaired) electrons. The van der Waals surface area contributed by atoms with Crippen LogP contribution in [0.25, 0.3) is 0 Å². The molecule has 1 fully saturated rings. The summed E-state index contributed by atoms with van der Waals surface area (Å²) in [6.45, 7) is -0.174. The van der Waals surface area contributed by atoms with Crippen molar-refractivity contribution in [3.8, 4) is 0 Å². The molecule has 14 heteroatoms. The number of aryl methyl sites for hydroxylation is 1. The van der Waals surface area contributed by atoms with Crippen molar-refractivity contribution in [2.75, 3.05) is 5.32 Å². The van der Waals surface area contributed by atoms with Gasteiger partial charge in [0.25, 0.3) is 5.91 Å². The van der Waals surface area contributed by atoms with Crippen molar-refractivity contribution < 1.29 is 27.5 Å². The number of ether oxygens (including phenoxy) is 1. The van der Waals surface area contributed by atoms with Gasteiger partial charge in [0.1, 0.15) is 18.1 Å². The summed E-state index contributed by atoms with van der Waals surface area (Å²) in [5, 5.41) is 9.38. The largest absolute Gasteiger partial charge is 0.446 e. The Bertz CT molecular complexity index is 1020. The molecular weight excluding hydrogens is 435 g/mol. The molecule has 11 nitrogen and oxygen atoms in total. The van der Waals surface area contributed by atoms with Gasteiger partial charge in [-0.2, -0.15) is 4.98 Å². The van der Waals surface area contributed by atoms with E-state index in [1.165, 1.54) is 18.5 Å². The molecular formula is C18H22F3N7O4. The van der Waals surface area contributed by atoms with Crippen LogP contribution in [-0.2, 0) is 17.8 Å². The first-order valence-electron chi connectivity index (χ1n) is 9.88. The lowest BCUT2D eigenvalue weighted by Crippen LogP contribution is -2.32. The van der Waals surface area contributed by atoms with Crippen LogP contribution in [0, 0.1) is 0 Å². The van der Waals surface area contributed by atoms with Crippen molar-refractivity contribution in [1.82, 2.24) is 24.5 Å². The predicted octanol–water partition coefficient (Wildman–Crippen LogP) is 1.49. The zero-order valence-corrected chi connectivity index (χ0v) is 16.9. The van der Waals surface area contributed by atoms with Crippen molar-refractivity contribution in [3.05, 3.63) is 34.6 Å². The summed E-state index contributed by atoms with van der Waals surface area (Å²) in [7, 11) is 0. The number of rotatable bonds is 8. The number of carbonyl (C=O) groups excluding carboxylic acids is 2. The molecule has 0 aliphatic heterocycles. The Morgan fingerprint density at radius 3 is 2.69 bits per heavy atom. The second-order valence-corrected chi connectivity index (χ2v) is 7.45. The molecule has 32 heavy (non-hydrogen) atoms. The molecule has 3 N–H and O–H groups in total. The minimum absolute atomic E-state index is 0.00534. The first kappa shape index (κ1) is 23.2. The average Bonchev–Trinajstić information content (AvgIpc) is 3.18. The molecule has 0 bridgehead atoms. The highest BCUT2D eigenvalue weighted by Crippen LogP contribution is 2.34. The molecule has 0 aromatic carbocycles. The van der Waals surface area contributed by atoms with Crippen LogP contribution in [0.4, 0.5) is 23.8 Å². The van der Waals surface area contributed by atoms with E-state index in [4.69, 9.17) is 10.5 Å². The fourth-order valence-corrected chi connectivity index (χ4v) is 3.16. The van der Waals surface area contributed by atoms with E-state index in [0.29, 0.717) is 0 Å². The van der Waals surface area contributed by atoms with Crippen molar-refractivity contribution in [2.24, 2.45) is 5.73 Å². The van der Waals surface area contributed by atoms with Gasteiger partial charge in [-0.25, -0.2) is 27.4 Å². The fraction of sp³-hybridized carbons (Fsp3) is 0.556. The number of anilines is 1. The molecule has 0 saturated heterocycles. The van der Waals surface area contributed by atoms with E-state index in [9.17, 15) is 27.6 Å². The fourth-order valence-electron chi connectivity index (χ4n) is 3.16. The topological polar surface area (TPSA) is 147 Å². The van der Waals surface area contributed by atoms with Gasteiger partial charge in [-0.3, -0.25) is 14.7 Å². The van der Waals surface area contributed by atoms with Crippen LogP contribution in [0.15, 0.2) is 23.3 Å². The maximum Gasteiger partial charge on any atom is 0.413 e. The Morgan fingerprint density at radius 1 is 1.34 bits per heavy atom. The summed E-state index contributed by atoms with van der Waals surface area (Å²) < 4.78 is 47.8. The zero-order valence-electron chi connectivity index (χ0n) is 16.9. The number of nitrogens with zero attached hydrogens (tertiary/aromatic N) is 5. The molecule has 1 unspecified atom stereocenters. The van der Waals surface area contributed by atoms with E-state index in [0.717, 1.165) is 9.25 Å². The molecule has 174 valence electrons. The number of hydrogen-bond donors (Lipinski definition) is 2. The van der Waals surface area contributed by atoms with Crippen LogP contribution in [0.3, 0.4) is 0 Å². The minimum atomic E-state index is -2.73. The smallest absolute Gasteiger partial charge is 0.413 e. The molecule has 2 aromatic rings. The van der Waals surface area contributed by atoms with E-state index in [-0.39, 0.29) is 56.7 Å². The van der Waals surface area contributed by atoms with Gasteiger partial charge in [0.05, 0.1) is 12.7 Å². The number of alkyl halides is 3. The monoisotopic (exact) mass is 457 g/mol. The Balaban J connectivity index is 1.46. The highest BCUT2D eigenvalue weighted by molar-refractivity contribution is 5.90. The third kappa shape index (κ3) is 6.52. The Labute approximate surface area is 179 Å². The number of aromatic nitrogens is 5. The van der Waals surface area contributed by atoms with Crippen molar-refractivity contribution in [1.29, 1.82) is 0 Å². The standard InChI is InChI=1S/C18H22F3N7O4/c19-11(9-28-10-13(15(22)29)25-26-28)3-7-27-8-4-14(23-16(27)30)24-17(31)32-12-1-5-18(20,21)6-2-12/h4,8,10-12H,1-3,5-7,9H2,(H2,22,29)(H,23,24,30,31). The zero-order chi connectivity index (χ0) is 23.3. The normalized spacial score (nSPS) is 17.0. The first-order valence-corrected chi connectivity index (χ1v) is 9.88. The lowest BCUT2D eigenvalue weighted by atomic mass is 9.94. The van der Waals surface area contributed by atoms with Gasteiger partial charge in [0.15, 0.2) is 5.69 Å². The lowest BCUT2D eigenvalue weighted by Gasteiger charge is -2.27. The van der Waals surface area contributed by atoms with Gasteiger partial charge >= 0.3 is 11.8 Å². The number of nitrogens with one attached hydrogen (secondary N) is 1. The number of primary amides is 1. The third-order valence-electron chi connectivity index (χ3n) is 4.90. The summed E-state index contributed by atoms with van der Waals surface area (Å²) in [4.78, 5) is 38.7. The minimum Gasteiger partial charge on any atom is -0.446 e. The molecule has 0 spiro atoms. The Morgan fingerprint density at radius 2 is 2.06 bits per heavy atom.